The number of hydrogen-bond donors (Lipinski definition) is 0. The van der Waals surface area contributed by atoms with Crippen LogP contribution >= 0.6 is 0 Å². The van der Waals surface area contributed by atoms with Crippen molar-refractivity contribution in [2.24, 2.45) is 0 Å². The summed E-state index contributed by atoms with van der Waals surface area (Å²) < 4.78 is 2.54. The van der Waals surface area contributed by atoms with Gasteiger partial charge in [-0.25, -0.2) is 0 Å². The molecule has 0 fully saturated rings. The fraction of sp³-hybridized carbons (Fsp3) is 0.143. The number of rotatable bonds is 0. The van der Waals surface area contributed by atoms with Crippen LogP contribution in [0.2, 0.25) is 0 Å². The van der Waals surface area contributed by atoms with Crippen molar-refractivity contribution < 1.29 is 0 Å². The van der Waals surface area contributed by atoms with Crippen LogP contribution in [0.15, 0.2) is 78.9 Å². The van der Waals surface area contributed by atoms with Crippen LogP contribution in [0.25, 0.3) is 44.1 Å². The van der Waals surface area contributed by atoms with Gasteiger partial charge in [-0.15, -0.1) is 0 Å². The second-order valence-corrected chi connectivity index (χ2v) is 9.03. The summed E-state index contributed by atoms with van der Waals surface area (Å²) in [5.41, 5.74) is 12.6. The molecule has 0 radical (unpaired) electrons. The summed E-state index contributed by atoms with van der Waals surface area (Å²) in [5.74, 6) is 0. The van der Waals surface area contributed by atoms with Gasteiger partial charge in [0.05, 0.1) is 5.52 Å². The van der Waals surface area contributed by atoms with Crippen LogP contribution in [0.5, 0.6) is 0 Å². The first kappa shape index (κ1) is 15.6. The zero-order chi connectivity index (χ0) is 19.3. The lowest BCUT2D eigenvalue weighted by Gasteiger charge is -2.22. The molecule has 0 saturated heterocycles. The molecule has 1 aliphatic heterocycles. The molecule has 0 unspecified atom stereocenters. The van der Waals surface area contributed by atoms with Crippen LogP contribution < -0.4 is 0 Å². The van der Waals surface area contributed by atoms with Crippen molar-refractivity contribution >= 4 is 21.8 Å². The summed E-state index contributed by atoms with van der Waals surface area (Å²) in [6.45, 7) is 5.67. The van der Waals surface area contributed by atoms with E-state index in [-0.39, 0.29) is 5.41 Å². The Labute approximate surface area is 170 Å². The molecule has 1 heteroatoms. The number of nitrogens with zero attached hydrogens (tertiary/aromatic N) is 1. The summed E-state index contributed by atoms with van der Waals surface area (Å²) in [6.07, 6.45) is 0. The van der Waals surface area contributed by atoms with Crippen molar-refractivity contribution in [2.75, 3.05) is 0 Å². The third kappa shape index (κ3) is 1.77. The molecule has 0 atom stereocenters. The zero-order valence-corrected chi connectivity index (χ0v) is 16.7. The fourth-order valence-corrected chi connectivity index (χ4v) is 5.82. The molecule has 1 nitrogen and oxygen atoms in total. The van der Waals surface area contributed by atoms with Gasteiger partial charge in [0.1, 0.15) is 0 Å². The number of hydrogen-bond acceptors (Lipinski definition) is 0. The van der Waals surface area contributed by atoms with E-state index in [1.807, 2.05) is 0 Å². The van der Waals surface area contributed by atoms with E-state index in [0.717, 1.165) is 6.54 Å². The molecule has 29 heavy (non-hydrogen) atoms. The predicted octanol–water partition coefficient (Wildman–Crippen LogP) is 7.13. The maximum atomic E-state index is 2.54. The first-order valence-electron chi connectivity index (χ1n) is 10.4. The molecule has 0 bridgehead atoms. The lowest BCUT2D eigenvalue weighted by molar-refractivity contribution is 0.660. The highest BCUT2D eigenvalue weighted by atomic mass is 15.0. The number of fused-ring (bicyclic) bond motifs is 8. The standard InChI is InChI=1S/C28H21N/c1-28(2)24-13-6-5-10-19(24)22-14-23-21-12-7-11-20-18-9-4-3-8-17(18)16-29(27(20)21)26(23)15-25(22)28/h3-15H,16H2,1-2H3. The average Bonchev–Trinajstić information content (AvgIpc) is 3.18. The highest BCUT2D eigenvalue weighted by Gasteiger charge is 2.36. The minimum atomic E-state index is 0.0340. The molecule has 2 heterocycles. The summed E-state index contributed by atoms with van der Waals surface area (Å²) in [5, 5.41) is 2.75. The summed E-state index contributed by atoms with van der Waals surface area (Å²) in [7, 11) is 0. The lowest BCUT2D eigenvalue weighted by Crippen LogP contribution is -2.15. The molecule has 2 aliphatic rings. The Hall–Kier alpha value is -3.32. The molecule has 0 saturated carbocycles. The first-order valence-corrected chi connectivity index (χ1v) is 10.4. The second-order valence-electron chi connectivity index (χ2n) is 9.03. The fourth-order valence-electron chi connectivity index (χ4n) is 5.82. The van der Waals surface area contributed by atoms with Gasteiger partial charge in [-0.3, -0.25) is 0 Å². The van der Waals surface area contributed by atoms with E-state index in [2.05, 4.69) is 97.3 Å². The molecule has 5 aromatic rings. The third-order valence-electron chi connectivity index (χ3n) is 7.22. The van der Waals surface area contributed by atoms with Crippen LogP contribution in [0.3, 0.4) is 0 Å². The van der Waals surface area contributed by atoms with Crippen molar-refractivity contribution in [2.45, 2.75) is 25.8 Å². The minimum absolute atomic E-state index is 0.0340. The van der Waals surface area contributed by atoms with E-state index in [1.165, 1.54) is 60.8 Å². The topological polar surface area (TPSA) is 4.93 Å². The van der Waals surface area contributed by atoms with Crippen molar-refractivity contribution in [3.05, 3.63) is 95.6 Å². The monoisotopic (exact) mass is 371 g/mol. The summed E-state index contributed by atoms with van der Waals surface area (Å²) in [4.78, 5) is 0. The Balaban J connectivity index is 1.65. The normalized spacial score (nSPS) is 15.4. The van der Waals surface area contributed by atoms with Gasteiger partial charge < -0.3 is 4.57 Å². The lowest BCUT2D eigenvalue weighted by atomic mass is 9.82. The van der Waals surface area contributed by atoms with Gasteiger partial charge in [-0.1, -0.05) is 80.6 Å². The number of para-hydroxylation sites is 1. The van der Waals surface area contributed by atoms with Crippen LogP contribution in [-0.2, 0) is 12.0 Å². The molecule has 1 aliphatic carbocycles. The van der Waals surface area contributed by atoms with E-state index >= 15 is 0 Å². The predicted molar refractivity (Wildman–Crippen MR) is 122 cm³/mol. The minimum Gasteiger partial charge on any atom is -0.335 e. The molecule has 1 aromatic heterocycles. The Morgan fingerprint density at radius 2 is 1.41 bits per heavy atom. The van der Waals surface area contributed by atoms with E-state index in [9.17, 15) is 0 Å². The van der Waals surface area contributed by atoms with Gasteiger partial charge in [-0.05, 0) is 45.5 Å². The number of benzene rings is 4. The van der Waals surface area contributed by atoms with Crippen LogP contribution in [0.4, 0.5) is 0 Å². The molecule has 7 rings (SSSR count). The van der Waals surface area contributed by atoms with E-state index in [0.29, 0.717) is 0 Å². The Bertz CT molecular complexity index is 1500. The third-order valence-corrected chi connectivity index (χ3v) is 7.22. The Morgan fingerprint density at radius 3 is 2.31 bits per heavy atom. The second kappa shape index (κ2) is 4.99. The molecule has 4 aromatic carbocycles. The highest BCUT2D eigenvalue weighted by molar-refractivity contribution is 6.15. The Morgan fingerprint density at radius 1 is 0.655 bits per heavy atom. The molecule has 0 N–H and O–H groups in total. The molecule has 0 spiro atoms. The summed E-state index contributed by atoms with van der Waals surface area (Å²) in [6, 6.07) is 29.5. The molecule has 0 amide bonds. The van der Waals surface area contributed by atoms with E-state index in [4.69, 9.17) is 0 Å². The van der Waals surface area contributed by atoms with Gasteiger partial charge in [0.15, 0.2) is 0 Å². The van der Waals surface area contributed by atoms with E-state index in [1.54, 1.807) is 0 Å². The van der Waals surface area contributed by atoms with Crippen molar-refractivity contribution in [3.63, 3.8) is 0 Å². The smallest absolute Gasteiger partial charge is 0.0574 e. The van der Waals surface area contributed by atoms with Gasteiger partial charge in [0.2, 0.25) is 0 Å². The zero-order valence-electron chi connectivity index (χ0n) is 16.7. The SMILES string of the molecule is CC1(C)c2ccccc2-c2cc3c4cccc5c4n(c3cc21)Cc1ccccc1-5. The van der Waals surface area contributed by atoms with Crippen LogP contribution in [0, 0.1) is 0 Å². The molecular formula is C28H21N. The molecule has 138 valence electrons. The average molecular weight is 371 g/mol. The van der Waals surface area contributed by atoms with Crippen LogP contribution in [0.1, 0.15) is 30.5 Å². The van der Waals surface area contributed by atoms with Gasteiger partial charge in [0, 0.05) is 33.8 Å². The van der Waals surface area contributed by atoms with Crippen molar-refractivity contribution in [1.82, 2.24) is 4.57 Å². The largest absolute Gasteiger partial charge is 0.335 e. The first-order chi connectivity index (χ1) is 14.1. The maximum Gasteiger partial charge on any atom is 0.0574 e. The van der Waals surface area contributed by atoms with Crippen LogP contribution in [-0.4, -0.2) is 4.57 Å². The van der Waals surface area contributed by atoms with E-state index < -0.39 is 0 Å². The van der Waals surface area contributed by atoms with Gasteiger partial charge in [-0.2, -0.15) is 0 Å². The van der Waals surface area contributed by atoms with Crippen molar-refractivity contribution in [3.8, 4) is 22.3 Å². The summed E-state index contributed by atoms with van der Waals surface area (Å²) >= 11 is 0. The van der Waals surface area contributed by atoms with Gasteiger partial charge >= 0.3 is 0 Å². The molecular weight excluding hydrogens is 350 g/mol. The quantitative estimate of drug-likeness (QED) is 0.268. The Kier molecular flexibility index (Phi) is 2.68. The maximum absolute atomic E-state index is 2.54. The highest BCUT2D eigenvalue weighted by Crippen LogP contribution is 2.51. The van der Waals surface area contributed by atoms with Gasteiger partial charge in [0.25, 0.3) is 0 Å². The number of aromatic nitrogens is 1. The van der Waals surface area contributed by atoms with Crippen molar-refractivity contribution in [1.29, 1.82) is 0 Å².